The largest absolute Gasteiger partial charge is 0.609 e. The van der Waals surface area contributed by atoms with Gasteiger partial charge in [-0.15, -0.1) is 0 Å². The van der Waals surface area contributed by atoms with E-state index in [1.807, 2.05) is 39.0 Å². The molecule has 1 aromatic heterocycles. The van der Waals surface area contributed by atoms with Gasteiger partial charge >= 0.3 is 11.2 Å². The van der Waals surface area contributed by atoms with Crippen molar-refractivity contribution in [1.82, 2.24) is 14.9 Å². The molecule has 2 aromatic carbocycles. The zero-order valence-electron chi connectivity index (χ0n) is 22.5. The molecular weight excluding hydrogens is 522 g/mol. The summed E-state index contributed by atoms with van der Waals surface area (Å²) in [6, 6.07) is 12.2. The van der Waals surface area contributed by atoms with Crippen LogP contribution in [-0.4, -0.2) is 70.1 Å². The van der Waals surface area contributed by atoms with Gasteiger partial charge in [-0.1, -0.05) is 35.9 Å². The van der Waals surface area contributed by atoms with Crippen LogP contribution in [0.1, 0.15) is 38.4 Å². The van der Waals surface area contributed by atoms with Crippen molar-refractivity contribution in [1.29, 1.82) is 0 Å². The van der Waals surface area contributed by atoms with E-state index in [9.17, 15) is 9.35 Å². The Hall–Kier alpha value is -2.75. The molecule has 0 aliphatic carbocycles. The standard InChI is InChI=1S/C28H34ClN5O3S/c1-28(2,3)37-27(35)32(4)19-12-14-34(16-19)25-20-13-15-33(17-22(20)30-26(31-25)38(5)36)23-11-7-9-18-8-6-10-21(29)24(18)23/h6-11,19H,12-17H2,1-5H3. The summed E-state index contributed by atoms with van der Waals surface area (Å²) in [5, 5.41) is 3.18. The molecule has 3 heterocycles. The summed E-state index contributed by atoms with van der Waals surface area (Å²) in [5.74, 6) is 0.830. The summed E-state index contributed by atoms with van der Waals surface area (Å²) in [6.45, 7) is 8.36. The Bertz CT molecular complexity index is 1360. The molecule has 8 nitrogen and oxygen atoms in total. The number of rotatable bonds is 4. The zero-order chi connectivity index (χ0) is 27.2. The third kappa shape index (κ3) is 5.37. The van der Waals surface area contributed by atoms with E-state index in [1.165, 1.54) is 0 Å². The van der Waals surface area contributed by atoms with Crippen LogP contribution in [0.15, 0.2) is 41.6 Å². The molecule has 1 saturated heterocycles. The fraction of sp³-hybridized carbons (Fsp3) is 0.464. The molecule has 1 fully saturated rings. The number of hydrogen-bond acceptors (Lipinski definition) is 7. The molecule has 3 aromatic rings. The fourth-order valence-electron chi connectivity index (χ4n) is 5.26. The summed E-state index contributed by atoms with van der Waals surface area (Å²) in [4.78, 5) is 28.3. The van der Waals surface area contributed by atoms with Gasteiger partial charge in [0, 0.05) is 54.5 Å². The summed E-state index contributed by atoms with van der Waals surface area (Å²) in [7, 11) is 1.79. The minimum absolute atomic E-state index is 0.00366. The van der Waals surface area contributed by atoms with Crippen LogP contribution in [-0.2, 0) is 28.9 Å². The van der Waals surface area contributed by atoms with Gasteiger partial charge in [-0.2, -0.15) is 9.97 Å². The average molecular weight is 556 g/mol. The fourth-order valence-corrected chi connectivity index (χ4v) is 5.99. The molecule has 2 aliphatic heterocycles. The molecule has 0 radical (unpaired) electrons. The van der Waals surface area contributed by atoms with Crippen LogP contribution in [0.2, 0.25) is 5.02 Å². The van der Waals surface area contributed by atoms with Gasteiger partial charge in [0.05, 0.1) is 23.3 Å². The maximum Gasteiger partial charge on any atom is 0.410 e. The van der Waals surface area contributed by atoms with E-state index >= 15 is 0 Å². The number of anilines is 2. The molecule has 5 rings (SSSR count). The lowest BCUT2D eigenvalue weighted by molar-refractivity contribution is 0.0238. The Morgan fingerprint density at radius 3 is 2.61 bits per heavy atom. The third-order valence-corrected chi connectivity index (χ3v) is 8.16. The first-order valence-electron chi connectivity index (χ1n) is 12.9. The molecule has 38 heavy (non-hydrogen) atoms. The predicted octanol–water partition coefficient (Wildman–Crippen LogP) is 5.03. The second-order valence-electron chi connectivity index (χ2n) is 11.0. The van der Waals surface area contributed by atoms with Crippen molar-refractivity contribution in [3.63, 3.8) is 0 Å². The van der Waals surface area contributed by atoms with Crippen molar-refractivity contribution in [2.24, 2.45) is 0 Å². The van der Waals surface area contributed by atoms with Crippen molar-refractivity contribution < 1.29 is 14.1 Å². The first kappa shape index (κ1) is 26.8. The second-order valence-corrected chi connectivity index (χ2v) is 12.7. The predicted molar refractivity (Wildman–Crippen MR) is 153 cm³/mol. The zero-order valence-corrected chi connectivity index (χ0v) is 24.1. The Morgan fingerprint density at radius 2 is 1.89 bits per heavy atom. The van der Waals surface area contributed by atoms with E-state index in [0.29, 0.717) is 18.2 Å². The normalized spacial score (nSPS) is 18.4. The van der Waals surface area contributed by atoms with E-state index in [4.69, 9.17) is 26.3 Å². The van der Waals surface area contributed by atoms with Crippen LogP contribution in [0.3, 0.4) is 0 Å². The highest BCUT2D eigenvalue weighted by Crippen LogP contribution is 2.37. The highest BCUT2D eigenvalue weighted by Gasteiger charge is 2.35. The average Bonchev–Trinajstić information content (AvgIpc) is 3.36. The minimum Gasteiger partial charge on any atom is -0.609 e. The molecule has 2 atom stereocenters. The first-order valence-corrected chi connectivity index (χ1v) is 14.8. The van der Waals surface area contributed by atoms with Gasteiger partial charge in [0.1, 0.15) is 17.7 Å². The topological polar surface area (TPSA) is 84.9 Å². The molecular formula is C28H34ClN5O3S. The molecule has 2 unspecified atom stereocenters. The lowest BCUT2D eigenvalue weighted by Gasteiger charge is -2.33. The van der Waals surface area contributed by atoms with Crippen LogP contribution in [0.25, 0.3) is 10.8 Å². The van der Waals surface area contributed by atoms with Crippen molar-refractivity contribution in [3.05, 3.63) is 52.7 Å². The maximum atomic E-state index is 12.7. The number of amides is 1. The van der Waals surface area contributed by atoms with Crippen molar-refractivity contribution in [2.75, 3.05) is 42.7 Å². The Labute approximate surface area is 232 Å². The smallest absolute Gasteiger partial charge is 0.410 e. The first-order chi connectivity index (χ1) is 18.0. The van der Waals surface area contributed by atoms with Crippen LogP contribution in [0, 0.1) is 0 Å². The number of ether oxygens (including phenoxy) is 1. The van der Waals surface area contributed by atoms with Gasteiger partial charge in [-0.3, -0.25) is 0 Å². The molecule has 0 saturated carbocycles. The van der Waals surface area contributed by atoms with E-state index in [2.05, 4.69) is 28.0 Å². The second kappa shape index (κ2) is 10.4. The van der Waals surface area contributed by atoms with Gasteiger partial charge in [0.15, 0.2) is 0 Å². The quantitative estimate of drug-likeness (QED) is 0.330. The van der Waals surface area contributed by atoms with Crippen LogP contribution in [0.4, 0.5) is 16.3 Å². The summed E-state index contributed by atoms with van der Waals surface area (Å²) < 4.78 is 18.1. The molecule has 2 aliphatic rings. The third-order valence-electron chi connectivity index (χ3n) is 7.14. The number of carbonyl (C=O) groups excluding carboxylic acids is 1. The lowest BCUT2D eigenvalue weighted by atomic mass is 10.0. The van der Waals surface area contributed by atoms with Crippen molar-refractivity contribution in [2.45, 2.75) is 57.0 Å². The number of fused-ring (bicyclic) bond motifs is 2. The van der Waals surface area contributed by atoms with Crippen molar-refractivity contribution in [3.8, 4) is 0 Å². The molecule has 0 N–H and O–H groups in total. The number of aromatic nitrogens is 2. The SMILES string of the molecule is CN(C(=O)OC(C)(C)C)C1CCN(c2nc([S+](C)[O-])nc3c2CCN(c2cccc4cccc(Cl)c24)C3)C1. The molecule has 202 valence electrons. The van der Waals surface area contributed by atoms with Gasteiger partial charge in [0.25, 0.3) is 0 Å². The molecule has 10 heteroatoms. The highest BCUT2D eigenvalue weighted by atomic mass is 35.5. The summed E-state index contributed by atoms with van der Waals surface area (Å²) in [5.41, 5.74) is 2.50. The molecule has 0 bridgehead atoms. The maximum absolute atomic E-state index is 12.7. The van der Waals surface area contributed by atoms with Crippen LogP contribution in [0.5, 0.6) is 0 Å². The Kier molecular flexibility index (Phi) is 7.37. The number of halogens is 1. The van der Waals surface area contributed by atoms with Gasteiger partial charge in [-0.05, 0) is 51.1 Å². The summed E-state index contributed by atoms with van der Waals surface area (Å²) in [6.07, 6.45) is 2.85. The molecule has 1 amide bonds. The number of nitrogens with zero attached hydrogens (tertiary/aromatic N) is 5. The number of carbonyl (C=O) groups is 1. The minimum atomic E-state index is -1.33. The number of hydrogen-bond donors (Lipinski definition) is 0. The van der Waals surface area contributed by atoms with Gasteiger partial charge < -0.3 is 24.0 Å². The van der Waals surface area contributed by atoms with E-state index in [0.717, 1.165) is 64.5 Å². The van der Waals surface area contributed by atoms with E-state index in [1.54, 1.807) is 18.2 Å². The van der Waals surface area contributed by atoms with Gasteiger partial charge in [-0.25, -0.2) is 4.79 Å². The summed E-state index contributed by atoms with van der Waals surface area (Å²) >= 11 is 5.29. The highest BCUT2D eigenvalue weighted by molar-refractivity contribution is 7.90. The van der Waals surface area contributed by atoms with Crippen LogP contribution < -0.4 is 9.80 Å². The molecule has 0 spiro atoms. The van der Waals surface area contributed by atoms with E-state index < -0.39 is 16.8 Å². The Balaban J connectivity index is 1.43. The number of benzene rings is 2. The van der Waals surface area contributed by atoms with E-state index in [-0.39, 0.29) is 12.1 Å². The van der Waals surface area contributed by atoms with Gasteiger partial charge in [0.2, 0.25) is 0 Å². The lowest BCUT2D eigenvalue weighted by Crippen LogP contribution is -2.42. The Morgan fingerprint density at radius 1 is 1.16 bits per heavy atom. The number of likely N-dealkylation sites (N-methyl/N-ethyl adjacent to an activating group) is 1. The monoisotopic (exact) mass is 555 g/mol. The van der Waals surface area contributed by atoms with Crippen molar-refractivity contribution >= 4 is 51.1 Å². The van der Waals surface area contributed by atoms with Crippen LogP contribution >= 0.6 is 11.6 Å².